The van der Waals surface area contributed by atoms with Crippen LogP contribution < -0.4 is 10.1 Å². The molecule has 0 bridgehead atoms. The zero-order chi connectivity index (χ0) is 23.8. The summed E-state index contributed by atoms with van der Waals surface area (Å²) in [6.45, 7) is 5.01. The molecule has 34 heavy (non-hydrogen) atoms. The number of anilines is 1. The second-order valence-electron chi connectivity index (χ2n) is 8.76. The third kappa shape index (κ3) is 4.07. The molecule has 0 spiro atoms. The van der Waals surface area contributed by atoms with Crippen LogP contribution in [-0.4, -0.2) is 39.0 Å². The number of carbonyl (C=O) groups is 3. The number of hydrogen-bond acceptors (Lipinski definition) is 5. The van der Waals surface area contributed by atoms with Crippen molar-refractivity contribution in [1.29, 1.82) is 0 Å². The van der Waals surface area contributed by atoms with Crippen molar-refractivity contribution in [2.45, 2.75) is 39.8 Å². The average Bonchev–Trinajstić information content (AvgIpc) is 3.56. The molecular formula is C26H26N4O4. The Morgan fingerprint density at radius 1 is 1.12 bits per heavy atom. The number of rotatable bonds is 8. The summed E-state index contributed by atoms with van der Waals surface area (Å²) in [7, 11) is 0. The summed E-state index contributed by atoms with van der Waals surface area (Å²) in [5.41, 5.74) is 2.68. The Balaban J connectivity index is 1.40. The maximum atomic E-state index is 13.3. The Morgan fingerprint density at radius 2 is 1.82 bits per heavy atom. The second-order valence-corrected chi connectivity index (χ2v) is 8.76. The molecule has 1 N–H and O–H groups in total. The number of carbonyl (C=O) groups excluding carboxylic acids is 3. The lowest BCUT2D eigenvalue weighted by Crippen LogP contribution is -2.29. The molecule has 0 unspecified atom stereocenters. The van der Waals surface area contributed by atoms with Gasteiger partial charge in [-0.25, -0.2) is 4.68 Å². The SMILES string of the molecule is CCOc1ccc(CN2C(=O)c3ccccc3C2=O)cc1C(=O)Nc1c(C)cnn1CC1CC1. The van der Waals surface area contributed by atoms with Crippen LogP contribution in [-0.2, 0) is 13.1 Å². The fourth-order valence-corrected chi connectivity index (χ4v) is 4.20. The van der Waals surface area contributed by atoms with Gasteiger partial charge in [-0.1, -0.05) is 18.2 Å². The van der Waals surface area contributed by atoms with E-state index in [1.165, 1.54) is 17.7 Å². The van der Waals surface area contributed by atoms with Crippen molar-refractivity contribution in [3.63, 3.8) is 0 Å². The molecule has 3 aromatic rings. The maximum Gasteiger partial charge on any atom is 0.261 e. The van der Waals surface area contributed by atoms with Crippen LogP contribution >= 0.6 is 0 Å². The van der Waals surface area contributed by atoms with Crippen molar-refractivity contribution in [2.75, 3.05) is 11.9 Å². The minimum atomic E-state index is -0.333. The number of amides is 3. The first-order valence-electron chi connectivity index (χ1n) is 11.5. The molecule has 8 nitrogen and oxygen atoms in total. The monoisotopic (exact) mass is 458 g/mol. The van der Waals surface area contributed by atoms with E-state index >= 15 is 0 Å². The topological polar surface area (TPSA) is 93.5 Å². The van der Waals surface area contributed by atoms with Crippen LogP contribution in [0.1, 0.15) is 62.0 Å². The van der Waals surface area contributed by atoms with Gasteiger partial charge in [-0.2, -0.15) is 5.10 Å². The molecule has 0 atom stereocenters. The zero-order valence-corrected chi connectivity index (χ0v) is 19.2. The predicted molar refractivity (Wildman–Crippen MR) is 126 cm³/mol. The van der Waals surface area contributed by atoms with Crippen LogP contribution in [0.25, 0.3) is 0 Å². The molecule has 174 valence electrons. The highest BCUT2D eigenvalue weighted by molar-refractivity contribution is 6.21. The number of benzene rings is 2. The van der Waals surface area contributed by atoms with Gasteiger partial charge in [-0.15, -0.1) is 0 Å². The molecule has 1 saturated carbocycles. The van der Waals surface area contributed by atoms with E-state index < -0.39 is 0 Å². The van der Waals surface area contributed by atoms with Gasteiger partial charge in [0, 0.05) is 12.1 Å². The summed E-state index contributed by atoms with van der Waals surface area (Å²) in [5.74, 6) is 0.729. The number of fused-ring (bicyclic) bond motifs is 1. The van der Waals surface area contributed by atoms with Gasteiger partial charge in [-0.05, 0) is 62.4 Å². The largest absolute Gasteiger partial charge is 0.493 e. The predicted octanol–water partition coefficient (Wildman–Crippen LogP) is 4.05. The van der Waals surface area contributed by atoms with E-state index in [4.69, 9.17) is 4.74 Å². The van der Waals surface area contributed by atoms with Crippen LogP contribution in [0.4, 0.5) is 5.82 Å². The van der Waals surface area contributed by atoms with Crippen molar-refractivity contribution in [2.24, 2.45) is 5.92 Å². The van der Waals surface area contributed by atoms with Gasteiger partial charge in [0.05, 0.1) is 36.0 Å². The van der Waals surface area contributed by atoms with Crippen molar-refractivity contribution in [3.05, 3.63) is 76.5 Å². The number of imide groups is 1. The number of nitrogens with one attached hydrogen (secondary N) is 1. The summed E-state index contributed by atoms with van der Waals surface area (Å²) >= 11 is 0. The molecule has 8 heteroatoms. The van der Waals surface area contributed by atoms with Gasteiger partial charge >= 0.3 is 0 Å². The van der Waals surface area contributed by atoms with E-state index in [0.717, 1.165) is 12.1 Å². The van der Waals surface area contributed by atoms with Crippen molar-refractivity contribution < 1.29 is 19.1 Å². The third-order valence-electron chi connectivity index (χ3n) is 6.19. The number of aryl methyl sites for hydroxylation is 1. The van der Waals surface area contributed by atoms with Crippen LogP contribution in [0.3, 0.4) is 0 Å². The summed E-state index contributed by atoms with van der Waals surface area (Å²) in [5, 5.41) is 7.41. The summed E-state index contributed by atoms with van der Waals surface area (Å²) in [6, 6.07) is 11.9. The highest BCUT2D eigenvalue weighted by Crippen LogP contribution is 2.32. The van der Waals surface area contributed by atoms with E-state index in [0.29, 0.717) is 46.3 Å². The third-order valence-corrected chi connectivity index (χ3v) is 6.19. The lowest BCUT2D eigenvalue weighted by molar-refractivity contribution is 0.0642. The van der Waals surface area contributed by atoms with Gasteiger partial charge in [0.15, 0.2) is 0 Å². The van der Waals surface area contributed by atoms with E-state index in [2.05, 4.69) is 10.4 Å². The fourth-order valence-electron chi connectivity index (χ4n) is 4.20. The zero-order valence-electron chi connectivity index (χ0n) is 19.2. The molecule has 5 rings (SSSR count). The van der Waals surface area contributed by atoms with Crippen LogP contribution in [0.2, 0.25) is 0 Å². The molecule has 2 aliphatic rings. The van der Waals surface area contributed by atoms with Crippen molar-refractivity contribution in [1.82, 2.24) is 14.7 Å². The lowest BCUT2D eigenvalue weighted by atomic mass is 10.1. The Morgan fingerprint density at radius 3 is 2.47 bits per heavy atom. The summed E-state index contributed by atoms with van der Waals surface area (Å²) in [4.78, 5) is 40.1. The first-order valence-corrected chi connectivity index (χ1v) is 11.5. The molecule has 1 fully saturated rings. The quantitative estimate of drug-likeness (QED) is 0.514. The number of aromatic nitrogens is 2. The second kappa shape index (κ2) is 8.78. The first-order chi connectivity index (χ1) is 16.5. The van der Waals surface area contributed by atoms with Gasteiger partial charge in [0.1, 0.15) is 11.6 Å². The summed E-state index contributed by atoms with van der Waals surface area (Å²) < 4.78 is 7.54. The Labute approximate surface area is 197 Å². The number of nitrogens with zero attached hydrogens (tertiary/aromatic N) is 3. The van der Waals surface area contributed by atoms with Gasteiger partial charge < -0.3 is 10.1 Å². The van der Waals surface area contributed by atoms with Crippen LogP contribution in [0.5, 0.6) is 5.75 Å². The normalized spacial score (nSPS) is 14.9. The standard InChI is InChI=1S/C26H26N4O4/c1-3-34-22-11-10-18(14-29-25(32)19-6-4-5-7-20(19)26(29)33)12-21(22)24(31)28-23-16(2)13-27-30(23)15-17-8-9-17/h4-7,10-13,17H,3,8-9,14-15H2,1-2H3,(H,28,31). The van der Waals surface area contributed by atoms with E-state index in [1.807, 2.05) is 18.5 Å². The molecule has 1 aliphatic carbocycles. The smallest absolute Gasteiger partial charge is 0.261 e. The Bertz CT molecular complexity index is 1260. The first kappa shape index (κ1) is 21.9. The van der Waals surface area contributed by atoms with Gasteiger partial charge in [0.2, 0.25) is 0 Å². The molecule has 1 aromatic heterocycles. The molecular weight excluding hydrogens is 432 g/mol. The molecule has 2 heterocycles. The molecule has 1 aliphatic heterocycles. The fraction of sp³-hybridized carbons (Fsp3) is 0.308. The van der Waals surface area contributed by atoms with Crippen LogP contribution in [0.15, 0.2) is 48.7 Å². The van der Waals surface area contributed by atoms with E-state index in [-0.39, 0.29) is 24.3 Å². The molecule has 3 amide bonds. The van der Waals surface area contributed by atoms with E-state index in [1.54, 1.807) is 48.7 Å². The number of hydrogen-bond donors (Lipinski definition) is 1. The lowest BCUT2D eigenvalue weighted by Gasteiger charge is -2.17. The molecule has 0 saturated heterocycles. The summed E-state index contributed by atoms with van der Waals surface area (Å²) in [6.07, 6.45) is 4.11. The average molecular weight is 459 g/mol. The number of ether oxygens (including phenoxy) is 1. The van der Waals surface area contributed by atoms with Crippen molar-refractivity contribution >= 4 is 23.5 Å². The van der Waals surface area contributed by atoms with E-state index in [9.17, 15) is 14.4 Å². The minimum Gasteiger partial charge on any atom is -0.493 e. The maximum absolute atomic E-state index is 13.3. The minimum absolute atomic E-state index is 0.0671. The Kier molecular flexibility index (Phi) is 5.65. The Hall–Kier alpha value is -3.94. The molecule has 0 radical (unpaired) electrons. The van der Waals surface area contributed by atoms with Gasteiger partial charge in [-0.3, -0.25) is 19.3 Å². The highest BCUT2D eigenvalue weighted by atomic mass is 16.5. The van der Waals surface area contributed by atoms with Crippen LogP contribution in [0, 0.1) is 12.8 Å². The molecule has 2 aromatic carbocycles. The van der Waals surface area contributed by atoms with Gasteiger partial charge in [0.25, 0.3) is 17.7 Å². The highest BCUT2D eigenvalue weighted by Gasteiger charge is 2.35. The van der Waals surface area contributed by atoms with Crippen molar-refractivity contribution in [3.8, 4) is 5.75 Å².